The van der Waals surface area contributed by atoms with Gasteiger partial charge in [0.15, 0.2) is 9.84 Å². The Bertz CT molecular complexity index is 1010. The van der Waals surface area contributed by atoms with E-state index in [0.717, 1.165) is 42.6 Å². The van der Waals surface area contributed by atoms with Crippen molar-refractivity contribution in [2.24, 2.45) is 0 Å². The lowest BCUT2D eigenvalue weighted by molar-refractivity contribution is -0.131. The van der Waals surface area contributed by atoms with E-state index in [1.54, 1.807) is 24.1 Å². The second-order valence-electron chi connectivity index (χ2n) is 7.55. The standard InChI is InChI=1S/C22H25NO4S/c1-27-20-7-5-17-9-11-23(15-19(17)13-20)22(24)10-12-28(25,26)21-8-6-16-3-2-4-18(16)14-21/h5-8,13-14H,2-4,9-12,15H2,1H3. The molecule has 148 valence electrons. The molecule has 1 aliphatic carbocycles. The van der Waals surface area contributed by atoms with Gasteiger partial charge in [0.2, 0.25) is 5.91 Å². The molecule has 4 rings (SSSR count). The van der Waals surface area contributed by atoms with Crippen LogP contribution in [-0.4, -0.2) is 38.6 Å². The highest BCUT2D eigenvalue weighted by molar-refractivity contribution is 7.91. The van der Waals surface area contributed by atoms with Crippen molar-refractivity contribution in [2.45, 2.75) is 43.5 Å². The largest absolute Gasteiger partial charge is 0.497 e. The number of ether oxygens (including phenoxy) is 1. The molecule has 0 spiro atoms. The highest BCUT2D eigenvalue weighted by Crippen LogP contribution is 2.26. The molecular formula is C22H25NO4S. The fourth-order valence-corrected chi connectivity index (χ4v) is 5.39. The first-order valence-corrected chi connectivity index (χ1v) is 11.4. The molecule has 2 aromatic rings. The Kier molecular flexibility index (Phi) is 5.15. The van der Waals surface area contributed by atoms with Crippen LogP contribution in [0.3, 0.4) is 0 Å². The lowest BCUT2D eigenvalue weighted by Gasteiger charge is -2.29. The molecule has 0 saturated carbocycles. The van der Waals surface area contributed by atoms with Gasteiger partial charge in [-0.15, -0.1) is 0 Å². The van der Waals surface area contributed by atoms with Gasteiger partial charge in [0.05, 0.1) is 17.8 Å². The summed E-state index contributed by atoms with van der Waals surface area (Å²) < 4.78 is 30.7. The third kappa shape index (κ3) is 3.78. The number of methoxy groups -OCH3 is 1. The van der Waals surface area contributed by atoms with E-state index in [-0.39, 0.29) is 18.1 Å². The molecular weight excluding hydrogens is 374 g/mol. The number of amides is 1. The molecule has 0 aromatic heterocycles. The van der Waals surface area contributed by atoms with Gasteiger partial charge in [-0.2, -0.15) is 0 Å². The maximum absolute atomic E-state index is 12.7. The number of aryl methyl sites for hydroxylation is 2. The smallest absolute Gasteiger partial charge is 0.223 e. The van der Waals surface area contributed by atoms with Crippen LogP contribution in [0.25, 0.3) is 0 Å². The van der Waals surface area contributed by atoms with E-state index in [2.05, 4.69) is 0 Å². The Hall–Kier alpha value is -2.34. The van der Waals surface area contributed by atoms with E-state index < -0.39 is 9.84 Å². The van der Waals surface area contributed by atoms with Crippen molar-refractivity contribution in [2.75, 3.05) is 19.4 Å². The van der Waals surface area contributed by atoms with Crippen LogP contribution in [0.2, 0.25) is 0 Å². The Morgan fingerprint density at radius 1 is 1.00 bits per heavy atom. The van der Waals surface area contributed by atoms with Gasteiger partial charge >= 0.3 is 0 Å². The van der Waals surface area contributed by atoms with Crippen LogP contribution >= 0.6 is 0 Å². The van der Waals surface area contributed by atoms with Crippen molar-refractivity contribution >= 4 is 15.7 Å². The fourth-order valence-electron chi connectivity index (χ4n) is 4.11. The summed E-state index contributed by atoms with van der Waals surface area (Å²) in [6.07, 6.45) is 3.84. The molecule has 6 heteroatoms. The molecule has 0 N–H and O–H groups in total. The summed E-state index contributed by atoms with van der Waals surface area (Å²) in [4.78, 5) is 14.8. The molecule has 1 amide bonds. The van der Waals surface area contributed by atoms with Crippen LogP contribution in [0.5, 0.6) is 5.75 Å². The summed E-state index contributed by atoms with van der Waals surface area (Å²) in [5.41, 5.74) is 4.67. The first kappa shape index (κ1) is 19.0. The van der Waals surface area contributed by atoms with Crippen molar-refractivity contribution in [3.8, 4) is 5.75 Å². The fraction of sp³-hybridized carbons (Fsp3) is 0.409. The van der Waals surface area contributed by atoms with Gasteiger partial charge in [-0.1, -0.05) is 12.1 Å². The Morgan fingerprint density at radius 3 is 2.57 bits per heavy atom. The SMILES string of the molecule is COc1ccc2c(c1)CN(C(=O)CCS(=O)(=O)c1ccc3c(c1)CCC3)CC2. The molecule has 0 radical (unpaired) electrons. The van der Waals surface area contributed by atoms with E-state index in [9.17, 15) is 13.2 Å². The zero-order valence-corrected chi connectivity index (χ0v) is 16.9. The predicted molar refractivity (Wildman–Crippen MR) is 107 cm³/mol. The van der Waals surface area contributed by atoms with Gasteiger partial charge in [0.1, 0.15) is 5.75 Å². The Balaban J connectivity index is 1.41. The molecule has 0 atom stereocenters. The van der Waals surface area contributed by atoms with Crippen molar-refractivity contribution in [1.82, 2.24) is 4.90 Å². The number of hydrogen-bond donors (Lipinski definition) is 0. The summed E-state index contributed by atoms with van der Waals surface area (Å²) in [7, 11) is -1.83. The molecule has 2 aliphatic rings. The van der Waals surface area contributed by atoms with Gasteiger partial charge in [0.25, 0.3) is 0 Å². The monoisotopic (exact) mass is 399 g/mol. The van der Waals surface area contributed by atoms with Crippen molar-refractivity contribution in [3.05, 3.63) is 58.7 Å². The molecule has 5 nitrogen and oxygen atoms in total. The third-order valence-corrected chi connectivity index (χ3v) is 7.51. The van der Waals surface area contributed by atoms with Gasteiger partial charge in [-0.05, 0) is 72.2 Å². The van der Waals surface area contributed by atoms with Crippen molar-refractivity contribution < 1.29 is 17.9 Å². The van der Waals surface area contributed by atoms with E-state index in [1.165, 1.54) is 11.1 Å². The number of nitrogens with zero attached hydrogens (tertiary/aromatic N) is 1. The molecule has 0 saturated heterocycles. The van der Waals surface area contributed by atoms with E-state index in [1.807, 2.05) is 24.3 Å². The minimum atomic E-state index is -3.45. The second kappa shape index (κ2) is 7.59. The summed E-state index contributed by atoms with van der Waals surface area (Å²) in [6.45, 7) is 1.13. The number of fused-ring (bicyclic) bond motifs is 2. The molecule has 2 aromatic carbocycles. The van der Waals surface area contributed by atoms with Crippen LogP contribution in [0, 0.1) is 0 Å². The first-order chi connectivity index (χ1) is 13.5. The maximum Gasteiger partial charge on any atom is 0.223 e. The zero-order chi connectivity index (χ0) is 19.7. The number of hydrogen-bond acceptors (Lipinski definition) is 4. The van der Waals surface area contributed by atoms with Crippen LogP contribution < -0.4 is 4.74 Å². The summed E-state index contributed by atoms with van der Waals surface area (Å²) in [5, 5.41) is 0. The normalized spacial score (nSPS) is 15.8. The lowest BCUT2D eigenvalue weighted by Crippen LogP contribution is -2.36. The highest BCUT2D eigenvalue weighted by atomic mass is 32.2. The predicted octanol–water partition coefficient (Wildman–Crippen LogP) is 2.93. The topological polar surface area (TPSA) is 63.7 Å². The maximum atomic E-state index is 12.7. The summed E-state index contributed by atoms with van der Waals surface area (Å²) in [5.74, 6) is 0.511. The van der Waals surface area contributed by atoms with Gasteiger partial charge in [-0.25, -0.2) is 8.42 Å². The number of rotatable bonds is 5. The van der Waals surface area contributed by atoms with Gasteiger partial charge in [0, 0.05) is 19.5 Å². The summed E-state index contributed by atoms with van der Waals surface area (Å²) in [6, 6.07) is 11.3. The molecule has 1 heterocycles. The van der Waals surface area contributed by atoms with E-state index in [0.29, 0.717) is 18.0 Å². The van der Waals surface area contributed by atoms with E-state index >= 15 is 0 Å². The van der Waals surface area contributed by atoms with Crippen LogP contribution in [0.15, 0.2) is 41.3 Å². The average molecular weight is 400 g/mol. The number of benzene rings is 2. The zero-order valence-electron chi connectivity index (χ0n) is 16.1. The highest BCUT2D eigenvalue weighted by Gasteiger charge is 2.24. The second-order valence-corrected chi connectivity index (χ2v) is 9.66. The molecule has 0 fully saturated rings. The average Bonchev–Trinajstić information content (AvgIpc) is 3.19. The molecule has 0 unspecified atom stereocenters. The first-order valence-electron chi connectivity index (χ1n) is 9.74. The molecule has 1 aliphatic heterocycles. The van der Waals surface area contributed by atoms with Crippen molar-refractivity contribution in [3.63, 3.8) is 0 Å². The summed E-state index contributed by atoms with van der Waals surface area (Å²) >= 11 is 0. The van der Waals surface area contributed by atoms with Gasteiger partial charge in [-0.3, -0.25) is 4.79 Å². The molecule has 0 bridgehead atoms. The lowest BCUT2D eigenvalue weighted by atomic mass is 9.99. The minimum Gasteiger partial charge on any atom is -0.497 e. The quantitative estimate of drug-likeness (QED) is 0.776. The van der Waals surface area contributed by atoms with Crippen LogP contribution in [0.4, 0.5) is 0 Å². The van der Waals surface area contributed by atoms with Crippen LogP contribution in [-0.2, 0) is 40.4 Å². The Morgan fingerprint density at radius 2 is 1.75 bits per heavy atom. The number of carbonyl (C=O) groups excluding carboxylic acids is 1. The van der Waals surface area contributed by atoms with Crippen molar-refractivity contribution in [1.29, 1.82) is 0 Å². The van der Waals surface area contributed by atoms with E-state index in [4.69, 9.17) is 4.74 Å². The number of sulfone groups is 1. The third-order valence-electron chi connectivity index (χ3n) is 5.79. The van der Waals surface area contributed by atoms with Crippen LogP contribution in [0.1, 0.15) is 35.1 Å². The minimum absolute atomic E-state index is 0.0126. The van der Waals surface area contributed by atoms with Gasteiger partial charge < -0.3 is 9.64 Å². The number of carbonyl (C=O) groups is 1. The molecule has 28 heavy (non-hydrogen) atoms. The Labute approximate surface area is 166 Å².